The van der Waals surface area contributed by atoms with Crippen LogP contribution >= 0.6 is 15.9 Å². The fourth-order valence-electron chi connectivity index (χ4n) is 0.862. The highest BCUT2D eigenvalue weighted by atomic mass is 79.9. The van der Waals surface area contributed by atoms with Gasteiger partial charge in [-0.2, -0.15) is 0 Å². The summed E-state index contributed by atoms with van der Waals surface area (Å²) >= 11 is 3.11. The molecule has 0 saturated carbocycles. The third-order valence-corrected chi connectivity index (χ3v) is 2.31. The maximum absolute atomic E-state index is 13.3. The van der Waals surface area contributed by atoms with Gasteiger partial charge in [-0.25, -0.2) is 4.39 Å². The minimum atomic E-state index is -0.298. The molecule has 0 aromatic heterocycles. The first-order chi connectivity index (χ1) is 6.16. The summed E-state index contributed by atoms with van der Waals surface area (Å²) in [5.41, 5.74) is 0.580. The van der Waals surface area contributed by atoms with Crippen molar-refractivity contribution in [1.29, 1.82) is 0 Å². The Balaban J connectivity index is 2.90. The van der Waals surface area contributed by atoms with Crippen LogP contribution in [0.2, 0.25) is 0 Å². The van der Waals surface area contributed by atoms with E-state index in [-0.39, 0.29) is 12.6 Å². The SMILES string of the molecule is COCOc1ccc(C)c(F)c1Br. The van der Waals surface area contributed by atoms with Gasteiger partial charge in [0, 0.05) is 7.11 Å². The van der Waals surface area contributed by atoms with Crippen LogP contribution < -0.4 is 4.74 Å². The van der Waals surface area contributed by atoms with Crippen molar-refractivity contribution in [3.63, 3.8) is 0 Å². The van der Waals surface area contributed by atoms with E-state index in [2.05, 4.69) is 15.9 Å². The minimum Gasteiger partial charge on any atom is -0.466 e. The van der Waals surface area contributed by atoms with Crippen LogP contribution in [0.4, 0.5) is 4.39 Å². The molecule has 2 nitrogen and oxygen atoms in total. The topological polar surface area (TPSA) is 18.5 Å². The summed E-state index contributed by atoms with van der Waals surface area (Å²) in [4.78, 5) is 0. The summed E-state index contributed by atoms with van der Waals surface area (Å²) in [6.07, 6.45) is 0. The standard InChI is InChI=1S/C9H10BrFO2/c1-6-3-4-7(13-5-12-2)8(10)9(6)11/h3-4H,5H2,1-2H3. The molecule has 0 atom stereocenters. The normalized spacial score (nSPS) is 10.2. The van der Waals surface area contributed by atoms with E-state index in [1.807, 2.05) is 0 Å². The molecule has 0 spiro atoms. The first-order valence-electron chi connectivity index (χ1n) is 3.73. The third kappa shape index (κ3) is 2.42. The Hall–Kier alpha value is -0.610. The van der Waals surface area contributed by atoms with Gasteiger partial charge in [-0.05, 0) is 34.5 Å². The predicted octanol–water partition coefficient (Wildman–Crippen LogP) is 2.88. The van der Waals surface area contributed by atoms with Gasteiger partial charge < -0.3 is 9.47 Å². The largest absolute Gasteiger partial charge is 0.466 e. The molecule has 0 aliphatic heterocycles. The van der Waals surface area contributed by atoms with Gasteiger partial charge in [0.05, 0.1) is 4.47 Å². The van der Waals surface area contributed by atoms with Gasteiger partial charge in [-0.3, -0.25) is 0 Å². The average molecular weight is 249 g/mol. The number of ether oxygens (including phenoxy) is 2. The number of methoxy groups -OCH3 is 1. The van der Waals surface area contributed by atoms with Crippen molar-refractivity contribution in [3.05, 3.63) is 28.0 Å². The molecule has 4 heteroatoms. The van der Waals surface area contributed by atoms with Gasteiger partial charge in [-0.15, -0.1) is 0 Å². The number of benzene rings is 1. The van der Waals surface area contributed by atoms with Gasteiger partial charge in [0.25, 0.3) is 0 Å². The van der Waals surface area contributed by atoms with Gasteiger partial charge in [0.15, 0.2) is 6.79 Å². The van der Waals surface area contributed by atoms with Crippen LogP contribution in [-0.2, 0) is 4.74 Å². The van der Waals surface area contributed by atoms with Crippen LogP contribution in [0.15, 0.2) is 16.6 Å². The Kier molecular flexibility index (Phi) is 3.69. The molecule has 0 saturated heterocycles. The molecule has 0 bridgehead atoms. The molecule has 0 aliphatic rings. The zero-order valence-corrected chi connectivity index (χ0v) is 9.02. The highest BCUT2D eigenvalue weighted by Gasteiger charge is 2.08. The van der Waals surface area contributed by atoms with E-state index in [1.54, 1.807) is 19.1 Å². The maximum Gasteiger partial charge on any atom is 0.188 e. The molecule has 0 unspecified atom stereocenters. The van der Waals surface area contributed by atoms with Gasteiger partial charge in [-0.1, -0.05) is 6.07 Å². The highest BCUT2D eigenvalue weighted by Crippen LogP contribution is 2.29. The molecular formula is C9H10BrFO2. The number of hydrogen-bond acceptors (Lipinski definition) is 2. The second-order valence-corrected chi connectivity index (χ2v) is 3.35. The van der Waals surface area contributed by atoms with Crippen LogP contribution in [-0.4, -0.2) is 13.9 Å². The Morgan fingerprint density at radius 3 is 2.77 bits per heavy atom. The lowest BCUT2D eigenvalue weighted by Crippen LogP contribution is -2.00. The molecule has 1 rings (SSSR count). The molecular weight excluding hydrogens is 239 g/mol. The van der Waals surface area contributed by atoms with Crippen molar-refractivity contribution in [2.45, 2.75) is 6.92 Å². The van der Waals surface area contributed by atoms with Crippen molar-refractivity contribution in [3.8, 4) is 5.75 Å². The van der Waals surface area contributed by atoms with E-state index in [1.165, 1.54) is 7.11 Å². The van der Waals surface area contributed by atoms with Crippen molar-refractivity contribution in [2.24, 2.45) is 0 Å². The average Bonchev–Trinajstić information content (AvgIpc) is 2.13. The Morgan fingerprint density at radius 1 is 1.46 bits per heavy atom. The monoisotopic (exact) mass is 248 g/mol. The number of halogens is 2. The second kappa shape index (κ2) is 4.58. The molecule has 0 heterocycles. The zero-order chi connectivity index (χ0) is 9.84. The zero-order valence-electron chi connectivity index (χ0n) is 7.43. The van der Waals surface area contributed by atoms with Crippen LogP contribution in [0, 0.1) is 12.7 Å². The predicted molar refractivity (Wildman–Crippen MR) is 51.3 cm³/mol. The van der Waals surface area contributed by atoms with E-state index in [4.69, 9.17) is 9.47 Å². The van der Waals surface area contributed by atoms with Gasteiger partial charge in [0.2, 0.25) is 0 Å². The van der Waals surface area contributed by atoms with Crippen molar-refractivity contribution in [2.75, 3.05) is 13.9 Å². The Bertz CT molecular complexity index is 302. The lowest BCUT2D eigenvalue weighted by atomic mass is 10.2. The summed E-state index contributed by atoms with van der Waals surface area (Å²) in [5.74, 6) is 0.151. The van der Waals surface area contributed by atoms with E-state index < -0.39 is 0 Å². The first-order valence-corrected chi connectivity index (χ1v) is 4.52. The van der Waals surface area contributed by atoms with E-state index >= 15 is 0 Å². The van der Waals surface area contributed by atoms with Gasteiger partial charge in [0.1, 0.15) is 11.6 Å². The maximum atomic E-state index is 13.3. The molecule has 0 amide bonds. The summed E-state index contributed by atoms with van der Waals surface area (Å²) in [6.45, 7) is 1.81. The molecule has 0 radical (unpaired) electrons. The minimum absolute atomic E-state index is 0.112. The van der Waals surface area contributed by atoms with E-state index in [0.717, 1.165) is 0 Å². The fraction of sp³-hybridized carbons (Fsp3) is 0.333. The third-order valence-electron chi connectivity index (χ3n) is 1.57. The Morgan fingerprint density at radius 2 is 2.15 bits per heavy atom. The molecule has 0 aliphatic carbocycles. The molecule has 0 N–H and O–H groups in total. The van der Waals surface area contributed by atoms with Crippen LogP contribution in [0.5, 0.6) is 5.75 Å². The lowest BCUT2D eigenvalue weighted by Gasteiger charge is -2.08. The number of hydrogen-bond donors (Lipinski definition) is 0. The molecule has 13 heavy (non-hydrogen) atoms. The van der Waals surface area contributed by atoms with Gasteiger partial charge >= 0.3 is 0 Å². The summed E-state index contributed by atoms with van der Waals surface area (Å²) in [5, 5.41) is 0. The van der Waals surface area contributed by atoms with E-state index in [9.17, 15) is 4.39 Å². The van der Waals surface area contributed by atoms with Crippen LogP contribution in [0.3, 0.4) is 0 Å². The first kappa shape index (κ1) is 10.5. The molecule has 1 aromatic rings. The number of rotatable bonds is 3. The second-order valence-electron chi connectivity index (χ2n) is 2.56. The highest BCUT2D eigenvalue weighted by molar-refractivity contribution is 9.10. The van der Waals surface area contributed by atoms with Crippen LogP contribution in [0.25, 0.3) is 0 Å². The molecule has 1 aromatic carbocycles. The number of aryl methyl sites for hydroxylation is 1. The summed E-state index contributed by atoms with van der Waals surface area (Å²) in [7, 11) is 1.51. The quantitative estimate of drug-likeness (QED) is 0.767. The Labute approximate surface area is 84.8 Å². The molecule has 72 valence electrons. The smallest absolute Gasteiger partial charge is 0.188 e. The summed E-state index contributed by atoms with van der Waals surface area (Å²) in [6, 6.07) is 3.35. The van der Waals surface area contributed by atoms with Crippen molar-refractivity contribution < 1.29 is 13.9 Å². The van der Waals surface area contributed by atoms with E-state index in [0.29, 0.717) is 15.8 Å². The van der Waals surface area contributed by atoms with Crippen molar-refractivity contribution in [1.82, 2.24) is 0 Å². The lowest BCUT2D eigenvalue weighted by molar-refractivity contribution is 0.0503. The summed E-state index contributed by atoms with van der Waals surface area (Å²) < 4.78 is 23.4. The van der Waals surface area contributed by atoms with Crippen molar-refractivity contribution >= 4 is 15.9 Å². The molecule has 0 fully saturated rings. The van der Waals surface area contributed by atoms with Crippen LogP contribution in [0.1, 0.15) is 5.56 Å². The fourth-order valence-corrected chi connectivity index (χ4v) is 1.42.